The van der Waals surface area contributed by atoms with Crippen molar-refractivity contribution in [1.82, 2.24) is 10.2 Å². The predicted molar refractivity (Wildman–Crippen MR) is 84.0 cm³/mol. The van der Waals surface area contributed by atoms with E-state index in [0.29, 0.717) is 0 Å². The zero-order valence-corrected chi connectivity index (χ0v) is 13.3. The lowest BCUT2D eigenvalue weighted by molar-refractivity contribution is -0.140. The molecule has 1 aliphatic rings. The van der Waals surface area contributed by atoms with E-state index in [1.165, 1.54) is 6.92 Å². The first-order chi connectivity index (χ1) is 10.4. The van der Waals surface area contributed by atoms with Gasteiger partial charge < -0.3 is 15.3 Å². The molecule has 1 aromatic rings. The van der Waals surface area contributed by atoms with Crippen LogP contribution in [-0.4, -0.2) is 41.0 Å². The summed E-state index contributed by atoms with van der Waals surface area (Å²) < 4.78 is 0. The largest absolute Gasteiger partial charge is 0.391 e. The van der Waals surface area contributed by atoms with Gasteiger partial charge in [-0.05, 0) is 32.3 Å². The topological polar surface area (TPSA) is 69.6 Å². The minimum atomic E-state index is -0.930. The standard InChI is InChI=1S/C17H24N2O3/c1-11(13-7-5-4-6-8-13)19(3)17(22)15(12(2)20)18-16(21)14-9-10-14/h4-8,11-12,14-15,20H,9-10H2,1-3H3,(H,18,21). The van der Waals surface area contributed by atoms with Crippen molar-refractivity contribution in [3.8, 4) is 0 Å². The molecule has 2 N–H and O–H groups in total. The zero-order chi connectivity index (χ0) is 16.3. The Kier molecular flexibility index (Phi) is 5.19. The van der Waals surface area contributed by atoms with Crippen molar-refractivity contribution in [1.29, 1.82) is 0 Å². The Labute approximate surface area is 131 Å². The van der Waals surface area contributed by atoms with E-state index in [1.54, 1.807) is 11.9 Å². The molecule has 0 bridgehead atoms. The molecule has 0 radical (unpaired) electrons. The fourth-order valence-corrected chi connectivity index (χ4v) is 2.37. The van der Waals surface area contributed by atoms with Gasteiger partial charge in [0, 0.05) is 13.0 Å². The van der Waals surface area contributed by atoms with Gasteiger partial charge >= 0.3 is 0 Å². The van der Waals surface area contributed by atoms with Gasteiger partial charge in [0.05, 0.1) is 12.1 Å². The maximum absolute atomic E-state index is 12.6. The molecule has 1 saturated carbocycles. The minimum Gasteiger partial charge on any atom is -0.391 e. The average molecular weight is 304 g/mol. The van der Waals surface area contributed by atoms with E-state index in [0.717, 1.165) is 18.4 Å². The van der Waals surface area contributed by atoms with Gasteiger partial charge in [-0.15, -0.1) is 0 Å². The van der Waals surface area contributed by atoms with Crippen LogP contribution in [0, 0.1) is 5.92 Å². The molecule has 1 aromatic carbocycles. The van der Waals surface area contributed by atoms with Gasteiger partial charge in [0.15, 0.2) is 0 Å². The van der Waals surface area contributed by atoms with Crippen LogP contribution in [0.5, 0.6) is 0 Å². The van der Waals surface area contributed by atoms with Gasteiger partial charge in [-0.2, -0.15) is 0 Å². The number of hydrogen-bond donors (Lipinski definition) is 2. The van der Waals surface area contributed by atoms with Crippen molar-refractivity contribution in [3.63, 3.8) is 0 Å². The van der Waals surface area contributed by atoms with E-state index in [4.69, 9.17) is 0 Å². The highest BCUT2D eigenvalue weighted by molar-refractivity contribution is 5.89. The lowest BCUT2D eigenvalue weighted by atomic mass is 10.0. The Morgan fingerprint density at radius 1 is 1.23 bits per heavy atom. The van der Waals surface area contributed by atoms with Crippen LogP contribution in [0.4, 0.5) is 0 Å². The molecule has 2 rings (SSSR count). The lowest BCUT2D eigenvalue weighted by Crippen LogP contribution is -2.53. The van der Waals surface area contributed by atoms with E-state index >= 15 is 0 Å². The third kappa shape index (κ3) is 3.85. The molecule has 3 unspecified atom stereocenters. The van der Waals surface area contributed by atoms with E-state index < -0.39 is 12.1 Å². The van der Waals surface area contributed by atoms with Gasteiger partial charge in [0.2, 0.25) is 11.8 Å². The van der Waals surface area contributed by atoms with Crippen molar-refractivity contribution in [2.45, 2.75) is 44.9 Å². The third-order valence-electron chi connectivity index (χ3n) is 4.20. The van der Waals surface area contributed by atoms with Crippen molar-refractivity contribution in [2.24, 2.45) is 5.92 Å². The molecule has 0 heterocycles. The van der Waals surface area contributed by atoms with Crippen LogP contribution in [0.25, 0.3) is 0 Å². The van der Waals surface area contributed by atoms with Gasteiger partial charge in [0.1, 0.15) is 6.04 Å². The number of rotatable bonds is 6. The second-order valence-corrected chi connectivity index (χ2v) is 6.04. The maximum atomic E-state index is 12.6. The molecule has 0 saturated heterocycles. The maximum Gasteiger partial charge on any atom is 0.248 e. The molecular formula is C17H24N2O3. The van der Waals surface area contributed by atoms with Gasteiger partial charge in [-0.25, -0.2) is 0 Å². The molecule has 0 aliphatic heterocycles. The number of likely N-dealkylation sites (N-methyl/N-ethyl adjacent to an activating group) is 1. The molecular weight excluding hydrogens is 280 g/mol. The zero-order valence-electron chi connectivity index (χ0n) is 13.3. The fraction of sp³-hybridized carbons (Fsp3) is 0.529. The number of carbonyl (C=O) groups excluding carboxylic acids is 2. The molecule has 5 nitrogen and oxygen atoms in total. The second kappa shape index (κ2) is 6.92. The molecule has 0 spiro atoms. The number of carbonyl (C=O) groups is 2. The van der Waals surface area contributed by atoms with Crippen molar-refractivity contribution < 1.29 is 14.7 Å². The molecule has 3 atom stereocenters. The number of hydrogen-bond acceptors (Lipinski definition) is 3. The summed E-state index contributed by atoms with van der Waals surface area (Å²) in [6.07, 6.45) is 0.798. The Morgan fingerprint density at radius 3 is 2.32 bits per heavy atom. The first kappa shape index (κ1) is 16.5. The molecule has 0 aromatic heterocycles. The lowest BCUT2D eigenvalue weighted by Gasteiger charge is -2.31. The first-order valence-electron chi connectivity index (χ1n) is 7.72. The summed E-state index contributed by atoms with van der Waals surface area (Å²) in [6.45, 7) is 3.45. The quantitative estimate of drug-likeness (QED) is 0.836. The van der Waals surface area contributed by atoms with Crippen LogP contribution < -0.4 is 5.32 Å². The molecule has 2 amide bonds. The summed E-state index contributed by atoms with van der Waals surface area (Å²) in [5.41, 5.74) is 1.01. The summed E-state index contributed by atoms with van der Waals surface area (Å²) in [7, 11) is 1.69. The van der Waals surface area contributed by atoms with E-state index in [1.807, 2.05) is 37.3 Å². The Hall–Kier alpha value is -1.88. The number of benzene rings is 1. The molecule has 120 valence electrons. The molecule has 1 aliphatic carbocycles. The van der Waals surface area contributed by atoms with Crippen molar-refractivity contribution >= 4 is 11.8 Å². The number of nitrogens with zero attached hydrogens (tertiary/aromatic N) is 1. The summed E-state index contributed by atoms with van der Waals surface area (Å²) >= 11 is 0. The monoisotopic (exact) mass is 304 g/mol. The molecule has 22 heavy (non-hydrogen) atoms. The molecule has 1 fully saturated rings. The van der Waals surface area contributed by atoms with Crippen LogP contribution >= 0.6 is 0 Å². The highest BCUT2D eigenvalue weighted by Gasteiger charge is 2.36. The highest BCUT2D eigenvalue weighted by atomic mass is 16.3. The average Bonchev–Trinajstić information content (AvgIpc) is 3.35. The Balaban J connectivity index is 2.06. The second-order valence-electron chi connectivity index (χ2n) is 6.04. The summed E-state index contributed by atoms with van der Waals surface area (Å²) in [5, 5.41) is 12.6. The van der Waals surface area contributed by atoms with Crippen LogP contribution in [0.15, 0.2) is 30.3 Å². The third-order valence-corrected chi connectivity index (χ3v) is 4.20. The first-order valence-corrected chi connectivity index (χ1v) is 7.72. The SMILES string of the molecule is CC(O)C(NC(=O)C1CC1)C(=O)N(C)C(C)c1ccccc1. The normalized spacial score (nSPS) is 18.2. The van der Waals surface area contributed by atoms with Gasteiger partial charge in [-0.3, -0.25) is 9.59 Å². The van der Waals surface area contributed by atoms with Crippen molar-refractivity contribution in [2.75, 3.05) is 7.05 Å². The van der Waals surface area contributed by atoms with Crippen LogP contribution in [-0.2, 0) is 9.59 Å². The van der Waals surface area contributed by atoms with Gasteiger partial charge in [0.25, 0.3) is 0 Å². The summed E-state index contributed by atoms with van der Waals surface area (Å²) in [4.78, 5) is 26.1. The number of aliphatic hydroxyl groups excluding tert-OH is 1. The van der Waals surface area contributed by atoms with E-state index in [2.05, 4.69) is 5.32 Å². The van der Waals surface area contributed by atoms with E-state index in [-0.39, 0.29) is 23.8 Å². The van der Waals surface area contributed by atoms with E-state index in [9.17, 15) is 14.7 Å². The Bertz CT molecular complexity index is 526. The molecule has 5 heteroatoms. The fourth-order valence-electron chi connectivity index (χ4n) is 2.37. The van der Waals surface area contributed by atoms with Crippen molar-refractivity contribution in [3.05, 3.63) is 35.9 Å². The predicted octanol–water partition coefficient (Wildman–Crippen LogP) is 1.48. The summed E-state index contributed by atoms with van der Waals surface area (Å²) in [6, 6.07) is 8.64. The summed E-state index contributed by atoms with van der Waals surface area (Å²) in [5.74, 6) is -0.411. The Morgan fingerprint density at radius 2 is 1.82 bits per heavy atom. The minimum absolute atomic E-state index is 0.00547. The number of aliphatic hydroxyl groups is 1. The number of amides is 2. The van der Waals surface area contributed by atoms with Crippen LogP contribution in [0.3, 0.4) is 0 Å². The number of nitrogens with one attached hydrogen (secondary N) is 1. The smallest absolute Gasteiger partial charge is 0.248 e. The van der Waals surface area contributed by atoms with Crippen LogP contribution in [0.2, 0.25) is 0 Å². The van der Waals surface area contributed by atoms with Crippen LogP contribution in [0.1, 0.15) is 38.3 Å². The van der Waals surface area contributed by atoms with Gasteiger partial charge in [-0.1, -0.05) is 30.3 Å². The highest BCUT2D eigenvalue weighted by Crippen LogP contribution is 2.29.